The van der Waals surface area contributed by atoms with Crippen LogP contribution in [0.1, 0.15) is 10.4 Å². The number of aromatic nitrogens is 2. The number of morpholine rings is 1. The van der Waals surface area contributed by atoms with Crippen LogP contribution in [0.25, 0.3) is 33.1 Å². The molecule has 3 heterocycles. The Bertz CT molecular complexity index is 1540. The highest BCUT2D eigenvalue weighted by Gasteiger charge is 2.16. The van der Waals surface area contributed by atoms with Gasteiger partial charge in [0.05, 0.1) is 31.5 Å². The number of para-hydroxylation sites is 1. The fraction of sp³-hybridized carbons (Fsp3) is 0.172. The molecule has 0 atom stereocenters. The molecule has 0 bridgehead atoms. The third-order valence-electron chi connectivity index (χ3n) is 6.61. The van der Waals surface area contributed by atoms with Crippen molar-refractivity contribution in [3.05, 3.63) is 84.4 Å². The van der Waals surface area contributed by atoms with Crippen molar-refractivity contribution in [2.45, 2.75) is 0 Å². The quantitative estimate of drug-likeness (QED) is 0.350. The van der Waals surface area contributed by atoms with Crippen molar-refractivity contribution >= 4 is 39.2 Å². The van der Waals surface area contributed by atoms with Gasteiger partial charge in [0.2, 0.25) is 0 Å². The summed E-state index contributed by atoms with van der Waals surface area (Å²) < 4.78 is 10.8. The van der Waals surface area contributed by atoms with Crippen LogP contribution < -0.4 is 15.0 Å². The molecule has 1 aliphatic heterocycles. The Morgan fingerprint density at radius 3 is 2.47 bits per heavy atom. The molecule has 0 radical (unpaired) electrons. The summed E-state index contributed by atoms with van der Waals surface area (Å²) in [4.78, 5) is 23.8. The lowest BCUT2D eigenvalue weighted by Gasteiger charge is -2.28. The van der Waals surface area contributed by atoms with Crippen molar-refractivity contribution in [1.29, 1.82) is 0 Å². The number of methoxy groups -OCH3 is 1. The van der Waals surface area contributed by atoms with Gasteiger partial charge in [-0.15, -0.1) is 0 Å². The van der Waals surface area contributed by atoms with Crippen molar-refractivity contribution in [2.24, 2.45) is 0 Å². The average molecular weight is 479 g/mol. The molecule has 180 valence electrons. The van der Waals surface area contributed by atoms with Gasteiger partial charge < -0.3 is 24.7 Å². The molecule has 0 saturated carbocycles. The van der Waals surface area contributed by atoms with Gasteiger partial charge in [0, 0.05) is 46.2 Å². The van der Waals surface area contributed by atoms with Gasteiger partial charge in [-0.25, -0.2) is 4.98 Å². The molecule has 3 aromatic carbocycles. The van der Waals surface area contributed by atoms with E-state index in [4.69, 9.17) is 14.5 Å². The van der Waals surface area contributed by atoms with Gasteiger partial charge in [0.25, 0.3) is 5.91 Å². The number of anilines is 2. The monoisotopic (exact) mass is 478 g/mol. The third kappa shape index (κ3) is 4.14. The number of pyridine rings is 1. The lowest BCUT2D eigenvalue weighted by Crippen LogP contribution is -2.36. The average Bonchev–Trinajstić information content (AvgIpc) is 3.32. The highest BCUT2D eigenvalue weighted by atomic mass is 16.5. The summed E-state index contributed by atoms with van der Waals surface area (Å²) in [5.41, 5.74) is 5.32. The van der Waals surface area contributed by atoms with Gasteiger partial charge in [-0.05, 0) is 60.7 Å². The second-order valence-corrected chi connectivity index (χ2v) is 8.78. The number of H-pyrrole nitrogens is 1. The van der Waals surface area contributed by atoms with E-state index in [1.807, 2.05) is 72.8 Å². The zero-order chi connectivity index (χ0) is 24.5. The van der Waals surface area contributed by atoms with Gasteiger partial charge in [-0.3, -0.25) is 4.79 Å². The maximum Gasteiger partial charge on any atom is 0.256 e. The molecule has 1 aliphatic rings. The van der Waals surface area contributed by atoms with E-state index in [-0.39, 0.29) is 5.91 Å². The van der Waals surface area contributed by atoms with Gasteiger partial charge in [0.15, 0.2) is 0 Å². The van der Waals surface area contributed by atoms with E-state index in [2.05, 4.69) is 21.3 Å². The number of nitrogens with one attached hydrogen (secondary N) is 2. The summed E-state index contributed by atoms with van der Waals surface area (Å²) in [6, 6.07) is 25.5. The lowest BCUT2D eigenvalue weighted by molar-refractivity contribution is 0.102. The second kappa shape index (κ2) is 9.36. The van der Waals surface area contributed by atoms with Crippen LogP contribution in [0, 0.1) is 0 Å². The predicted molar refractivity (Wildman–Crippen MR) is 143 cm³/mol. The molecule has 2 aromatic heterocycles. The molecule has 6 rings (SSSR count). The van der Waals surface area contributed by atoms with Crippen molar-refractivity contribution < 1.29 is 14.3 Å². The number of benzene rings is 3. The van der Waals surface area contributed by atoms with Gasteiger partial charge in [-0.2, -0.15) is 0 Å². The Morgan fingerprint density at radius 1 is 0.972 bits per heavy atom. The number of ether oxygens (including phenoxy) is 2. The highest BCUT2D eigenvalue weighted by Crippen LogP contribution is 2.34. The fourth-order valence-corrected chi connectivity index (χ4v) is 4.70. The summed E-state index contributed by atoms with van der Waals surface area (Å²) in [5, 5.41) is 5.10. The topological polar surface area (TPSA) is 79.5 Å². The van der Waals surface area contributed by atoms with Gasteiger partial charge >= 0.3 is 0 Å². The minimum Gasteiger partial charge on any atom is -0.497 e. The Morgan fingerprint density at radius 2 is 1.72 bits per heavy atom. The first-order valence-corrected chi connectivity index (χ1v) is 12.0. The molecule has 0 spiro atoms. The Balaban J connectivity index is 1.35. The highest BCUT2D eigenvalue weighted by molar-refractivity contribution is 6.13. The van der Waals surface area contributed by atoms with Crippen LogP contribution in [0.3, 0.4) is 0 Å². The normalized spacial score (nSPS) is 13.8. The number of carbonyl (C=O) groups is 1. The molecular formula is C29H26N4O3. The summed E-state index contributed by atoms with van der Waals surface area (Å²) in [5.74, 6) is 1.08. The minimum atomic E-state index is -0.198. The molecule has 7 heteroatoms. The molecule has 2 N–H and O–H groups in total. The molecule has 7 nitrogen and oxygen atoms in total. The first-order chi connectivity index (χ1) is 17.7. The van der Waals surface area contributed by atoms with Crippen LogP contribution in [0.4, 0.5) is 11.5 Å². The van der Waals surface area contributed by atoms with Crippen molar-refractivity contribution in [1.82, 2.24) is 9.97 Å². The summed E-state index contributed by atoms with van der Waals surface area (Å²) >= 11 is 0. The molecule has 0 aliphatic carbocycles. The van der Waals surface area contributed by atoms with E-state index < -0.39 is 0 Å². The molecule has 0 unspecified atom stereocenters. The zero-order valence-corrected chi connectivity index (χ0v) is 20.0. The van der Waals surface area contributed by atoms with E-state index in [1.54, 1.807) is 7.11 Å². The summed E-state index contributed by atoms with van der Waals surface area (Å²) in [6.45, 7) is 3.16. The zero-order valence-electron chi connectivity index (χ0n) is 20.0. The van der Waals surface area contributed by atoms with Crippen LogP contribution in [-0.2, 0) is 4.74 Å². The fourth-order valence-electron chi connectivity index (χ4n) is 4.70. The Labute approximate surface area is 208 Å². The van der Waals surface area contributed by atoms with E-state index >= 15 is 0 Å². The van der Waals surface area contributed by atoms with Crippen LogP contribution in [0.5, 0.6) is 5.75 Å². The predicted octanol–water partition coefficient (Wildman–Crippen LogP) is 5.48. The van der Waals surface area contributed by atoms with Crippen molar-refractivity contribution in [2.75, 3.05) is 43.6 Å². The number of aromatic amines is 1. The minimum absolute atomic E-state index is 0.198. The lowest BCUT2D eigenvalue weighted by atomic mass is 10.1. The van der Waals surface area contributed by atoms with E-state index in [0.717, 1.165) is 70.8 Å². The summed E-state index contributed by atoms with van der Waals surface area (Å²) in [7, 11) is 1.65. The van der Waals surface area contributed by atoms with Gasteiger partial charge in [0.1, 0.15) is 11.6 Å². The van der Waals surface area contributed by atoms with E-state index in [9.17, 15) is 4.79 Å². The van der Waals surface area contributed by atoms with Crippen molar-refractivity contribution in [3.8, 4) is 17.0 Å². The summed E-state index contributed by atoms with van der Waals surface area (Å²) in [6.07, 6.45) is 0. The molecule has 1 fully saturated rings. The molecular weight excluding hydrogens is 452 g/mol. The maximum absolute atomic E-state index is 13.2. The van der Waals surface area contributed by atoms with Crippen LogP contribution in [0.2, 0.25) is 0 Å². The number of amides is 1. The van der Waals surface area contributed by atoms with Crippen molar-refractivity contribution in [3.63, 3.8) is 0 Å². The van der Waals surface area contributed by atoms with Crippen LogP contribution in [-0.4, -0.2) is 49.3 Å². The largest absolute Gasteiger partial charge is 0.497 e. The second-order valence-electron chi connectivity index (χ2n) is 8.78. The third-order valence-corrected chi connectivity index (χ3v) is 6.61. The number of hydrogen-bond donors (Lipinski definition) is 2. The maximum atomic E-state index is 13.2. The van der Waals surface area contributed by atoms with Crippen LogP contribution in [0.15, 0.2) is 78.9 Å². The first kappa shape index (κ1) is 22.1. The first-order valence-electron chi connectivity index (χ1n) is 12.0. The molecule has 5 aromatic rings. The van der Waals surface area contributed by atoms with E-state index in [0.29, 0.717) is 11.4 Å². The molecule has 36 heavy (non-hydrogen) atoms. The van der Waals surface area contributed by atoms with Crippen LogP contribution >= 0.6 is 0 Å². The van der Waals surface area contributed by atoms with Gasteiger partial charge in [-0.1, -0.05) is 18.2 Å². The number of carbonyl (C=O) groups excluding carboxylic acids is 1. The smallest absolute Gasteiger partial charge is 0.256 e. The number of rotatable bonds is 5. The molecule has 1 saturated heterocycles. The molecule has 1 amide bonds. The Hall–Kier alpha value is -4.36. The SMILES string of the molecule is COc1ccc(-c2nc(NC(=O)c3ccc(N4CCOCC4)cc3)cc3c2[nH]c2ccccc23)cc1. The number of nitrogens with zero attached hydrogens (tertiary/aromatic N) is 2. The number of fused-ring (bicyclic) bond motifs is 3. The standard InChI is InChI=1S/C29H26N4O3/c1-35-22-12-8-19(9-13-22)27-28-24(23-4-2-3-5-25(23)30-28)18-26(31-27)32-29(34)20-6-10-21(11-7-20)33-14-16-36-17-15-33/h2-13,18,30H,14-17H2,1H3,(H,31,32,34). The van der Waals surface area contributed by atoms with E-state index in [1.165, 1.54) is 0 Å². The number of hydrogen-bond acceptors (Lipinski definition) is 5. The Kier molecular flexibility index (Phi) is 5.75.